The molecule has 1 saturated carbocycles. The Morgan fingerprint density at radius 3 is 2.73 bits per heavy atom. The van der Waals surface area contributed by atoms with E-state index in [1.165, 1.54) is 25.5 Å². The Morgan fingerprint density at radius 2 is 2.14 bits per heavy atom. The number of carbonyl (C=O) groups excluding carboxylic acids is 1. The fourth-order valence-corrected chi connectivity index (χ4v) is 2.70. The molecule has 1 aliphatic carbocycles. The maximum Gasteiger partial charge on any atom is 0.343 e. The van der Waals surface area contributed by atoms with Crippen molar-refractivity contribution in [2.75, 3.05) is 6.54 Å². The largest absolute Gasteiger partial charge is 0.349 e. The van der Waals surface area contributed by atoms with Crippen LogP contribution in [0.25, 0.3) is 0 Å². The summed E-state index contributed by atoms with van der Waals surface area (Å²) in [5.74, 6) is 0.864. The molecule has 0 bridgehead atoms. The highest BCUT2D eigenvalue weighted by atomic mass is 16.2. The summed E-state index contributed by atoms with van der Waals surface area (Å²) in [5, 5.41) is 6.77. The SMILES string of the molecule is Cn1nc(C(=O)NCC(Cc2ccccc2)C2CC2)[nH]c1=O. The van der Waals surface area contributed by atoms with Gasteiger partial charge in [0.05, 0.1) is 0 Å². The van der Waals surface area contributed by atoms with E-state index in [4.69, 9.17) is 0 Å². The van der Waals surface area contributed by atoms with Crippen LogP contribution in [0.2, 0.25) is 0 Å². The molecule has 0 saturated heterocycles. The lowest BCUT2D eigenvalue weighted by Gasteiger charge is -2.16. The van der Waals surface area contributed by atoms with Gasteiger partial charge in [-0.25, -0.2) is 9.48 Å². The van der Waals surface area contributed by atoms with E-state index in [0.717, 1.165) is 11.1 Å². The number of nitrogens with one attached hydrogen (secondary N) is 2. The van der Waals surface area contributed by atoms with E-state index in [-0.39, 0.29) is 17.4 Å². The molecule has 2 aromatic rings. The standard InChI is InChI=1S/C16H20N4O2/c1-20-16(22)18-14(19-20)15(21)17-10-13(12-7-8-12)9-11-5-3-2-4-6-11/h2-6,12-13H,7-10H2,1H3,(H,17,21)(H,18,19,22). The summed E-state index contributed by atoms with van der Waals surface area (Å²) in [5.41, 5.74) is 0.910. The number of nitrogens with zero attached hydrogens (tertiary/aromatic N) is 2. The predicted molar refractivity (Wildman–Crippen MR) is 82.5 cm³/mol. The number of H-pyrrole nitrogens is 1. The van der Waals surface area contributed by atoms with Gasteiger partial charge in [-0.3, -0.25) is 9.78 Å². The minimum Gasteiger partial charge on any atom is -0.349 e. The van der Waals surface area contributed by atoms with E-state index in [1.807, 2.05) is 18.2 Å². The minimum absolute atomic E-state index is 0.0711. The second-order valence-electron chi connectivity index (χ2n) is 5.90. The Kier molecular flexibility index (Phi) is 4.09. The number of amides is 1. The molecule has 1 amide bonds. The third-order valence-corrected chi connectivity index (χ3v) is 4.14. The average Bonchev–Trinajstić information content (AvgIpc) is 3.31. The lowest BCUT2D eigenvalue weighted by molar-refractivity contribution is 0.0934. The lowest BCUT2D eigenvalue weighted by Crippen LogP contribution is -2.32. The molecule has 0 radical (unpaired) electrons. The van der Waals surface area contributed by atoms with Gasteiger partial charge in [-0.05, 0) is 36.7 Å². The molecular weight excluding hydrogens is 280 g/mol. The molecule has 6 nitrogen and oxygen atoms in total. The zero-order chi connectivity index (χ0) is 15.5. The van der Waals surface area contributed by atoms with Crippen LogP contribution in [-0.2, 0) is 13.5 Å². The number of hydrogen-bond acceptors (Lipinski definition) is 3. The molecule has 0 spiro atoms. The summed E-state index contributed by atoms with van der Waals surface area (Å²) in [6.07, 6.45) is 3.42. The number of benzene rings is 1. The van der Waals surface area contributed by atoms with Crippen LogP contribution in [0, 0.1) is 11.8 Å². The maximum absolute atomic E-state index is 12.1. The van der Waals surface area contributed by atoms with E-state index in [9.17, 15) is 9.59 Å². The van der Waals surface area contributed by atoms with Crippen molar-refractivity contribution < 1.29 is 4.79 Å². The van der Waals surface area contributed by atoms with Crippen molar-refractivity contribution in [3.63, 3.8) is 0 Å². The Bertz CT molecular complexity index is 700. The van der Waals surface area contributed by atoms with Crippen molar-refractivity contribution in [3.8, 4) is 0 Å². The summed E-state index contributed by atoms with van der Waals surface area (Å²) in [7, 11) is 1.51. The van der Waals surface area contributed by atoms with E-state index in [0.29, 0.717) is 18.4 Å². The highest BCUT2D eigenvalue weighted by Crippen LogP contribution is 2.38. The van der Waals surface area contributed by atoms with Gasteiger partial charge in [0.25, 0.3) is 5.91 Å². The van der Waals surface area contributed by atoms with E-state index in [1.54, 1.807) is 0 Å². The molecule has 116 valence electrons. The number of aromatic amines is 1. The van der Waals surface area contributed by atoms with Crippen LogP contribution >= 0.6 is 0 Å². The van der Waals surface area contributed by atoms with Crippen molar-refractivity contribution in [1.29, 1.82) is 0 Å². The second-order valence-corrected chi connectivity index (χ2v) is 5.90. The van der Waals surface area contributed by atoms with Gasteiger partial charge in [0.2, 0.25) is 5.82 Å². The van der Waals surface area contributed by atoms with Crippen LogP contribution < -0.4 is 11.0 Å². The fraction of sp³-hybridized carbons (Fsp3) is 0.438. The smallest absolute Gasteiger partial charge is 0.343 e. The lowest BCUT2D eigenvalue weighted by atomic mass is 9.94. The van der Waals surface area contributed by atoms with Crippen LogP contribution in [0.3, 0.4) is 0 Å². The molecule has 2 N–H and O–H groups in total. The zero-order valence-electron chi connectivity index (χ0n) is 12.6. The molecule has 1 aliphatic rings. The van der Waals surface area contributed by atoms with Crippen molar-refractivity contribution in [2.45, 2.75) is 19.3 Å². The van der Waals surface area contributed by atoms with Crippen molar-refractivity contribution >= 4 is 5.91 Å². The van der Waals surface area contributed by atoms with E-state index >= 15 is 0 Å². The molecule has 1 unspecified atom stereocenters. The Hall–Kier alpha value is -2.37. The number of hydrogen-bond donors (Lipinski definition) is 2. The number of rotatable bonds is 6. The molecular formula is C16H20N4O2. The van der Waals surface area contributed by atoms with Crippen molar-refractivity contribution in [3.05, 3.63) is 52.2 Å². The van der Waals surface area contributed by atoms with Gasteiger partial charge < -0.3 is 5.32 Å². The number of aryl methyl sites for hydroxylation is 1. The Morgan fingerprint density at radius 1 is 1.41 bits per heavy atom. The topological polar surface area (TPSA) is 79.8 Å². The van der Waals surface area contributed by atoms with Crippen LogP contribution in [0.1, 0.15) is 29.0 Å². The summed E-state index contributed by atoms with van der Waals surface area (Å²) >= 11 is 0. The van der Waals surface area contributed by atoms with Gasteiger partial charge >= 0.3 is 5.69 Å². The predicted octanol–water partition coefficient (Wildman–Crippen LogP) is 1.11. The third kappa shape index (κ3) is 3.44. The maximum atomic E-state index is 12.1. The molecule has 1 aromatic heterocycles. The van der Waals surface area contributed by atoms with Crippen LogP contribution in [0.5, 0.6) is 0 Å². The van der Waals surface area contributed by atoms with Crippen molar-refractivity contribution in [2.24, 2.45) is 18.9 Å². The monoisotopic (exact) mass is 300 g/mol. The molecule has 1 fully saturated rings. The van der Waals surface area contributed by atoms with Gasteiger partial charge in [-0.1, -0.05) is 30.3 Å². The zero-order valence-corrected chi connectivity index (χ0v) is 12.6. The summed E-state index contributed by atoms with van der Waals surface area (Å²) < 4.78 is 1.12. The van der Waals surface area contributed by atoms with E-state index < -0.39 is 0 Å². The highest BCUT2D eigenvalue weighted by Gasteiger charge is 2.31. The van der Waals surface area contributed by atoms with E-state index in [2.05, 4.69) is 27.5 Å². The van der Waals surface area contributed by atoms with Crippen LogP contribution in [0.15, 0.2) is 35.1 Å². The van der Waals surface area contributed by atoms with Gasteiger partial charge in [-0.2, -0.15) is 0 Å². The van der Waals surface area contributed by atoms with Crippen LogP contribution in [-0.4, -0.2) is 27.2 Å². The third-order valence-electron chi connectivity index (χ3n) is 4.14. The first-order valence-electron chi connectivity index (χ1n) is 7.59. The van der Waals surface area contributed by atoms with Gasteiger partial charge in [0, 0.05) is 13.6 Å². The summed E-state index contributed by atoms with van der Waals surface area (Å²) in [6.45, 7) is 0.608. The Balaban J connectivity index is 1.60. The van der Waals surface area contributed by atoms with Gasteiger partial charge in [-0.15, -0.1) is 5.10 Å². The second kappa shape index (κ2) is 6.17. The summed E-state index contributed by atoms with van der Waals surface area (Å²) in [6, 6.07) is 10.3. The fourth-order valence-electron chi connectivity index (χ4n) is 2.70. The molecule has 1 atom stereocenters. The quantitative estimate of drug-likeness (QED) is 0.838. The highest BCUT2D eigenvalue weighted by molar-refractivity contribution is 5.90. The molecule has 3 rings (SSSR count). The molecule has 6 heteroatoms. The minimum atomic E-state index is -0.381. The molecule has 0 aliphatic heterocycles. The van der Waals surface area contributed by atoms with Gasteiger partial charge in [0.15, 0.2) is 0 Å². The average molecular weight is 300 g/mol. The first-order chi connectivity index (χ1) is 10.6. The number of carbonyl (C=O) groups is 1. The summed E-state index contributed by atoms with van der Waals surface area (Å²) in [4.78, 5) is 25.8. The van der Waals surface area contributed by atoms with Crippen molar-refractivity contribution in [1.82, 2.24) is 20.1 Å². The molecule has 1 aromatic carbocycles. The number of aromatic nitrogens is 3. The molecule has 22 heavy (non-hydrogen) atoms. The van der Waals surface area contributed by atoms with Crippen LogP contribution in [0.4, 0.5) is 0 Å². The first-order valence-corrected chi connectivity index (χ1v) is 7.59. The molecule has 1 heterocycles. The normalized spacial score (nSPS) is 15.5. The Labute approximate surface area is 128 Å². The first kappa shape index (κ1) is 14.6. The van der Waals surface area contributed by atoms with Gasteiger partial charge in [0.1, 0.15) is 0 Å².